The van der Waals surface area contributed by atoms with Crippen LogP contribution in [0.3, 0.4) is 0 Å². The minimum atomic E-state index is -3.63. The molecule has 0 aliphatic carbocycles. The number of rotatable bonds is 5. The van der Waals surface area contributed by atoms with Crippen LogP contribution in [0.1, 0.15) is 22.8 Å². The van der Waals surface area contributed by atoms with Crippen molar-refractivity contribution in [3.63, 3.8) is 0 Å². The molecule has 0 saturated carbocycles. The molecule has 0 radical (unpaired) electrons. The number of benzene rings is 2. The third kappa shape index (κ3) is 4.62. The maximum atomic E-state index is 12.3. The van der Waals surface area contributed by atoms with Crippen LogP contribution >= 0.6 is 23.2 Å². The summed E-state index contributed by atoms with van der Waals surface area (Å²) in [6, 6.07) is 10.7. The zero-order valence-corrected chi connectivity index (χ0v) is 16.7. The molecule has 2 aromatic rings. The van der Waals surface area contributed by atoms with Crippen molar-refractivity contribution in [1.82, 2.24) is 9.73 Å². The van der Waals surface area contributed by atoms with Gasteiger partial charge in [-0.1, -0.05) is 35.3 Å². The lowest BCUT2D eigenvalue weighted by atomic mass is 10.1. The number of nitrogens with one attached hydrogen (secondary N) is 1. The van der Waals surface area contributed by atoms with Gasteiger partial charge in [-0.2, -0.15) is 5.10 Å². The smallest absolute Gasteiger partial charge is 0.267 e. The highest BCUT2D eigenvalue weighted by molar-refractivity contribution is 7.89. The number of carbonyl (C=O) groups is 1. The molecule has 9 heteroatoms. The van der Waals surface area contributed by atoms with Gasteiger partial charge in [-0.05, 0) is 42.8 Å². The van der Waals surface area contributed by atoms with E-state index in [4.69, 9.17) is 23.2 Å². The van der Waals surface area contributed by atoms with Crippen molar-refractivity contribution in [2.45, 2.75) is 11.8 Å². The van der Waals surface area contributed by atoms with Gasteiger partial charge >= 0.3 is 0 Å². The van der Waals surface area contributed by atoms with E-state index in [1.807, 2.05) is 0 Å². The van der Waals surface area contributed by atoms with E-state index in [0.717, 1.165) is 4.31 Å². The van der Waals surface area contributed by atoms with Crippen LogP contribution in [0.25, 0.3) is 0 Å². The highest BCUT2D eigenvalue weighted by Gasteiger charge is 2.18. The summed E-state index contributed by atoms with van der Waals surface area (Å²) in [7, 11) is -0.778. The van der Waals surface area contributed by atoms with Crippen molar-refractivity contribution in [3.8, 4) is 0 Å². The van der Waals surface area contributed by atoms with Crippen molar-refractivity contribution in [2.75, 3.05) is 14.1 Å². The number of carbonyl (C=O) groups excluding carboxylic acids is 1. The van der Waals surface area contributed by atoms with Crippen LogP contribution in [0.15, 0.2) is 52.5 Å². The summed E-state index contributed by atoms with van der Waals surface area (Å²) >= 11 is 11.8. The van der Waals surface area contributed by atoms with Crippen LogP contribution in [0.4, 0.5) is 0 Å². The maximum Gasteiger partial charge on any atom is 0.271 e. The van der Waals surface area contributed by atoms with E-state index < -0.39 is 15.9 Å². The minimum Gasteiger partial charge on any atom is -0.267 e. The summed E-state index contributed by atoms with van der Waals surface area (Å²) in [6.07, 6.45) is 0. The molecule has 0 atom stereocenters. The summed E-state index contributed by atoms with van der Waals surface area (Å²) < 4.78 is 25.4. The zero-order chi connectivity index (χ0) is 19.5. The van der Waals surface area contributed by atoms with E-state index in [1.165, 1.54) is 38.4 Å². The molecule has 0 aliphatic rings. The number of sulfonamides is 1. The first-order valence-electron chi connectivity index (χ1n) is 7.45. The number of hydrogen-bond acceptors (Lipinski definition) is 4. The first kappa shape index (κ1) is 20.4. The lowest BCUT2D eigenvalue weighted by Gasteiger charge is -2.12. The summed E-state index contributed by atoms with van der Waals surface area (Å²) in [4.78, 5) is 12.3. The summed E-state index contributed by atoms with van der Waals surface area (Å²) in [5.74, 6) is -0.528. The lowest BCUT2D eigenvalue weighted by Crippen LogP contribution is -2.23. The second-order valence-corrected chi connectivity index (χ2v) is 8.55. The van der Waals surface area contributed by atoms with Gasteiger partial charge in [-0.25, -0.2) is 18.1 Å². The Morgan fingerprint density at radius 2 is 1.73 bits per heavy atom. The fourth-order valence-corrected chi connectivity index (χ4v) is 3.24. The normalized spacial score (nSPS) is 12.3. The van der Waals surface area contributed by atoms with Gasteiger partial charge in [0.2, 0.25) is 10.0 Å². The summed E-state index contributed by atoms with van der Waals surface area (Å²) in [6.45, 7) is 1.70. The largest absolute Gasteiger partial charge is 0.271 e. The molecule has 0 bridgehead atoms. The average molecular weight is 414 g/mol. The van der Waals surface area contributed by atoms with Crippen molar-refractivity contribution in [1.29, 1.82) is 0 Å². The van der Waals surface area contributed by atoms with Crippen molar-refractivity contribution < 1.29 is 13.2 Å². The number of halogens is 2. The lowest BCUT2D eigenvalue weighted by molar-refractivity contribution is 0.0954. The molecule has 138 valence electrons. The Hall–Kier alpha value is -1.93. The van der Waals surface area contributed by atoms with E-state index in [9.17, 15) is 13.2 Å². The highest BCUT2D eigenvalue weighted by atomic mass is 35.5. The number of nitrogens with zero attached hydrogens (tertiary/aromatic N) is 2. The summed E-state index contributed by atoms with van der Waals surface area (Å²) in [5.41, 5.74) is 3.80. The first-order valence-corrected chi connectivity index (χ1v) is 9.65. The molecule has 0 spiro atoms. The average Bonchev–Trinajstić information content (AvgIpc) is 2.61. The molecule has 0 heterocycles. The molecule has 0 aromatic heterocycles. The second-order valence-electron chi connectivity index (χ2n) is 5.58. The Balaban J connectivity index is 2.21. The predicted molar refractivity (Wildman–Crippen MR) is 103 cm³/mol. The highest BCUT2D eigenvalue weighted by Crippen LogP contribution is 2.22. The van der Waals surface area contributed by atoms with E-state index in [1.54, 1.807) is 25.1 Å². The Kier molecular flexibility index (Phi) is 6.41. The van der Waals surface area contributed by atoms with Crippen LogP contribution in [0.5, 0.6) is 0 Å². The Morgan fingerprint density at radius 3 is 2.35 bits per heavy atom. The molecular formula is C17H17Cl2N3O3S. The van der Waals surface area contributed by atoms with Crippen LogP contribution in [0, 0.1) is 0 Å². The predicted octanol–water partition coefficient (Wildman–Crippen LogP) is 3.40. The molecule has 1 amide bonds. The van der Waals surface area contributed by atoms with Crippen LogP contribution in [0.2, 0.25) is 10.0 Å². The van der Waals surface area contributed by atoms with Gasteiger partial charge in [-0.15, -0.1) is 0 Å². The number of hydrazone groups is 1. The van der Waals surface area contributed by atoms with Gasteiger partial charge in [0, 0.05) is 19.7 Å². The maximum absolute atomic E-state index is 12.3. The second kappa shape index (κ2) is 8.18. The topological polar surface area (TPSA) is 78.8 Å². The molecular weight excluding hydrogens is 397 g/mol. The Labute approximate surface area is 162 Å². The molecule has 26 heavy (non-hydrogen) atoms. The van der Waals surface area contributed by atoms with Crippen molar-refractivity contribution in [2.24, 2.45) is 5.10 Å². The SMILES string of the molecule is C/C(=N/NC(=O)c1cccc(S(=O)(=O)N(C)C)c1)c1ccc(Cl)c(Cl)c1. The van der Waals surface area contributed by atoms with Crippen molar-refractivity contribution in [3.05, 3.63) is 63.6 Å². The van der Waals surface area contributed by atoms with Gasteiger partial charge in [0.15, 0.2) is 0 Å². The fraction of sp³-hybridized carbons (Fsp3) is 0.176. The third-order valence-electron chi connectivity index (χ3n) is 3.54. The first-order chi connectivity index (χ1) is 12.1. The summed E-state index contributed by atoms with van der Waals surface area (Å²) in [5, 5.41) is 4.83. The van der Waals surface area contributed by atoms with Crippen LogP contribution < -0.4 is 5.43 Å². The Morgan fingerprint density at radius 1 is 1.04 bits per heavy atom. The third-order valence-corrected chi connectivity index (χ3v) is 6.09. The van der Waals surface area contributed by atoms with Gasteiger partial charge in [-0.3, -0.25) is 4.79 Å². The van der Waals surface area contributed by atoms with Gasteiger partial charge in [0.1, 0.15) is 0 Å². The minimum absolute atomic E-state index is 0.0281. The van der Waals surface area contributed by atoms with Crippen molar-refractivity contribution >= 4 is 44.8 Å². The monoisotopic (exact) mass is 413 g/mol. The fourth-order valence-electron chi connectivity index (χ4n) is 1.99. The van der Waals surface area contributed by atoms with E-state index in [2.05, 4.69) is 10.5 Å². The molecule has 0 saturated heterocycles. The Bertz CT molecular complexity index is 973. The molecule has 1 N–H and O–H groups in total. The molecule has 0 fully saturated rings. The quantitative estimate of drug-likeness (QED) is 0.602. The molecule has 6 nitrogen and oxygen atoms in total. The van der Waals surface area contributed by atoms with Gasteiger partial charge in [0.05, 0.1) is 20.7 Å². The standard InChI is InChI=1S/C17H17Cl2N3O3S/c1-11(12-7-8-15(18)16(19)10-12)20-21-17(23)13-5-4-6-14(9-13)26(24,25)22(2)3/h4-10H,1-3H3,(H,21,23)/b20-11-. The molecule has 2 aromatic carbocycles. The van der Waals surface area contributed by atoms with Crippen LogP contribution in [-0.4, -0.2) is 38.4 Å². The molecule has 0 aliphatic heterocycles. The van der Waals surface area contributed by atoms with Gasteiger partial charge < -0.3 is 0 Å². The van der Waals surface area contributed by atoms with Gasteiger partial charge in [0.25, 0.3) is 5.91 Å². The van der Waals surface area contributed by atoms with E-state index >= 15 is 0 Å². The van der Waals surface area contributed by atoms with E-state index in [-0.39, 0.29) is 10.5 Å². The molecule has 2 rings (SSSR count). The number of amides is 1. The van der Waals surface area contributed by atoms with Crippen LogP contribution in [-0.2, 0) is 10.0 Å². The molecule has 0 unspecified atom stereocenters. The zero-order valence-electron chi connectivity index (χ0n) is 14.3. The van der Waals surface area contributed by atoms with E-state index in [0.29, 0.717) is 21.3 Å². The number of hydrogen-bond donors (Lipinski definition) is 1.